The summed E-state index contributed by atoms with van der Waals surface area (Å²) in [5, 5.41) is 1.17. The Morgan fingerprint density at radius 3 is 3.04 bits per heavy atom. The Hall–Kier alpha value is -2.69. The lowest BCUT2D eigenvalue weighted by molar-refractivity contribution is 0.0781. The van der Waals surface area contributed by atoms with Gasteiger partial charge in [-0.2, -0.15) is 0 Å². The van der Waals surface area contributed by atoms with E-state index in [1.807, 2.05) is 17.2 Å². The lowest BCUT2D eigenvalue weighted by atomic mass is 9.97. The molecule has 0 bridgehead atoms. The monoisotopic (exact) mass is 321 g/mol. The summed E-state index contributed by atoms with van der Waals surface area (Å²) >= 11 is 0. The number of benzene rings is 1. The first kappa shape index (κ1) is 14.9. The van der Waals surface area contributed by atoms with Gasteiger partial charge in [0.25, 0.3) is 5.91 Å². The summed E-state index contributed by atoms with van der Waals surface area (Å²) in [5.74, 6) is 0.941. The second-order valence-corrected chi connectivity index (χ2v) is 6.35. The normalized spacial score (nSPS) is 17.5. The molecule has 5 nitrogen and oxygen atoms in total. The Morgan fingerprint density at radius 1 is 1.33 bits per heavy atom. The van der Waals surface area contributed by atoms with E-state index in [0.29, 0.717) is 17.5 Å². The Bertz CT molecular complexity index is 882. The summed E-state index contributed by atoms with van der Waals surface area (Å²) in [6.07, 6.45) is 5.23. The molecule has 4 rings (SSSR count). The van der Waals surface area contributed by atoms with E-state index in [-0.39, 0.29) is 5.91 Å². The lowest BCUT2D eigenvalue weighted by Gasteiger charge is -2.15. The number of likely N-dealkylation sites (tertiary alicyclic amines) is 1. The fourth-order valence-corrected chi connectivity index (χ4v) is 3.45. The third-order valence-corrected chi connectivity index (χ3v) is 4.64. The summed E-state index contributed by atoms with van der Waals surface area (Å²) in [5.41, 5.74) is 2.72. The Labute approximate surface area is 140 Å². The predicted molar refractivity (Wildman–Crippen MR) is 90.7 cm³/mol. The van der Waals surface area contributed by atoms with Crippen LogP contribution in [0.3, 0.4) is 0 Å². The number of para-hydroxylation sites is 1. The van der Waals surface area contributed by atoms with Gasteiger partial charge in [-0.1, -0.05) is 24.3 Å². The number of oxazole rings is 1. The quantitative estimate of drug-likeness (QED) is 0.743. The van der Waals surface area contributed by atoms with Gasteiger partial charge in [0.15, 0.2) is 11.6 Å². The molecule has 24 heavy (non-hydrogen) atoms. The lowest BCUT2D eigenvalue weighted by Crippen LogP contribution is -2.29. The van der Waals surface area contributed by atoms with Gasteiger partial charge < -0.3 is 9.32 Å². The number of fused-ring (bicyclic) bond motifs is 1. The van der Waals surface area contributed by atoms with Crippen molar-refractivity contribution in [2.75, 3.05) is 13.1 Å². The molecule has 1 saturated heterocycles. The van der Waals surface area contributed by atoms with Crippen LogP contribution in [0, 0.1) is 12.8 Å². The Morgan fingerprint density at radius 2 is 2.21 bits per heavy atom. The molecule has 0 aliphatic carbocycles. The predicted octanol–water partition coefficient (Wildman–Crippen LogP) is 3.24. The van der Waals surface area contributed by atoms with Crippen molar-refractivity contribution in [3.8, 4) is 0 Å². The van der Waals surface area contributed by atoms with Gasteiger partial charge in [-0.05, 0) is 30.4 Å². The van der Waals surface area contributed by atoms with E-state index in [9.17, 15) is 4.79 Å². The molecule has 3 heterocycles. The third-order valence-electron chi connectivity index (χ3n) is 4.64. The van der Waals surface area contributed by atoms with Crippen molar-refractivity contribution >= 4 is 16.8 Å². The maximum Gasteiger partial charge on any atom is 0.275 e. The molecule has 2 aromatic heterocycles. The molecule has 1 atom stereocenters. The average molecular weight is 321 g/mol. The fraction of sp³-hybridized carbons (Fsp3) is 0.316. The molecule has 1 fully saturated rings. The Kier molecular flexibility index (Phi) is 3.76. The van der Waals surface area contributed by atoms with Gasteiger partial charge in [0, 0.05) is 31.6 Å². The highest BCUT2D eigenvalue weighted by Gasteiger charge is 2.28. The molecule has 5 heteroatoms. The molecule has 3 aromatic rings. The van der Waals surface area contributed by atoms with Gasteiger partial charge in [0.2, 0.25) is 0 Å². The minimum atomic E-state index is -0.0367. The number of rotatable bonds is 3. The standard InChI is InChI=1S/C19H19N3O2/c1-13-21-17(12-24-13)19(23)22-9-7-14(11-22)10-16-5-2-4-15-6-3-8-20-18(15)16/h2-6,8,12,14H,7,9-11H2,1H3/t14-/m0/s1. The maximum absolute atomic E-state index is 12.5. The molecular formula is C19H19N3O2. The van der Waals surface area contributed by atoms with Crippen molar-refractivity contribution in [2.24, 2.45) is 5.92 Å². The number of pyridine rings is 1. The largest absolute Gasteiger partial charge is 0.448 e. The van der Waals surface area contributed by atoms with E-state index in [4.69, 9.17) is 4.42 Å². The molecule has 0 saturated carbocycles. The van der Waals surface area contributed by atoms with Crippen molar-refractivity contribution in [1.82, 2.24) is 14.9 Å². The van der Waals surface area contributed by atoms with Crippen LogP contribution in [0.25, 0.3) is 10.9 Å². The van der Waals surface area contributed by atoms with Crippen LogP contribution in [0.2, 0.25) is 0 Å². The zero-order valence-corrected chi connectivity index (χ0v) is 13.6. The number of nitrogens with zero attached hydrogens (tertiary/aromatic N) is 3. The second kappa shape index (κ2) is 6.07. The summed E-state index contributed by atoms with van der Waals surface area (Å²) in [4.78, 5) is 23.0. The summed E-state index contributed by atoms with van der Waals surface area (Å²) in [7, 11) is 0. The fourth-order valence-electron chi connectivity index (χ4n) is 3.45. The topological polar surface area (TPSA) is 59.2 Å². The molecule has 1 aromatic carbocycles. The summed E-state index contributed by atoms with van der Waals surface area (Å²) in [6, 6.07) is 10.4. The first-order valence-electron chi connectivity index (χ1n) is 8.25. The SMILES string of the molecule is Cc1nc(C(=O)N2CC[C@@H](Cc3cccc4cccnc34)C2)co1. The van der Waals surface area contributed by atoms with Crippen molar-refractivity contribution in [1.29, 1.82) is 0 Å². The molecule has 1 aliphatic heterocycles. The molecule has 122 valence electrons. The first-order chi connectivity index (χ1) is 11.7. The van der Waals surface area contributed by atoms with E-state index < -0.39 is 0 Å². The number of hydrogen-bond acceptors (Lipinski definition) is 4. The van der Waals surface area contributed by atoms with Crippen LogP contribution in [0.4, 0.5) is 0 Å². The molecule has 0 radical (unpaired) electrons. The highest BCUT2D eigenvalue weighted by atomic mass is 16.3. The molecule has 0 spiro atoms. The van der Waals surface area contributed by atoms with Crippen molar-refractivity contribution in [3.63, 3.8) is 0 Å². The van der Waals surface area contributed by atoms with Gasteiger partial charge in [-0.3, -0.25) is 9.78 Å². The van der Waals surface area contributed by atoms with Gasteiger partial charge in [-0.25, -0.2) is 4.98 Å². The number of aryl methyl sites for hydroxylation is 1. The zero-order valence-electron chi connectivity index (χ0n) is 13.6. The van der Waals surface area contributed by atoms with Gasteiger partial charge in [-0.15, -0.1) is 0 Å². The number of hydrogen-bond donors (Lipinski definition) is 0. The minimum Gasteiger partial charge on any atom is -0.448 e. The second-order valence-electron chi connectivity index (χ2n) is 6.35. The van der Waals surface area contributed by atoms with E-state index in [1.165, 1.54) is 17.2 Å². The van der Waals surface area contributed by atoms with Crippen LogP contribution in [0.1, 0.15) is 28.4 Å². The van der Waals surface area contributed by atoms with Crippen molar-refractivity contribution in [3.05, 3.63) is 59.9 Å². The molecule has 0 unspecified atom stereocenters. The van der Waals surface area contributed by atoms with E-state index in [1.54, 1.807) is 6.92 Å². The molecule has 0 N–H and O–H groups in total. The number of aromatic nitrogens is 2. The van der Waals surface area contributed by atoms with E-state index >= 15 is 0 Å². The van der Waals surface area contributed by atoms with E-state index in [0.717, 1.165) is 31.4 Å². The van der Waals surface area contributed by atoms with Crippen LogP contribution in [-0.4, -0.2) is 33.9 Å². The van der Waals surface area contributed by atoms with Gasteiger partial charge in [0.05, 0.1) is 5.52 Å². The average Bonchev–Trinajstić information content (AvgIpc) is 3.24. The smallest absolute Gasteiger partial charge is 0.275 e. The van der Waals surface area contributed by atoms with E-state index in [2.05, 4.69) is 34.2 Å². The van der Waals surface area contributed by atoms with Crippen LogP contribution < -0.4 is 0 Å². The number of carbonyl (C=O) groups is 1. The first-order valence-corrected chi connectivity index (χ1v) is 8.25. The Balaban J connectivity index is 1.48. The minimum absolute atomic E-state index is 0.0367. The third kappa shape index (κ3) is 2.77. The molecule has 1 amide bonds. The highest BCUT2D eigenvalue weighted by molar-refractivity contribution is 5.92. The zero-order chi connectivity index (χ0) is 16.5. The van der Waals surface area contributed by atoms with Crippen molar-refractivity contribution in [2.45, 2.75) is 19.8 Å². The number of amides is 1. The van der Waals surface area contributed by atoms with Crippen LogP contribution in [0.5, 0.6) is 0 Å². The number of carbonyl (C=O) groups excluding carboxylic acids is 1. The van der Waals surface area contributed by atoms with Gasteiger partial charge in [0.1, 0.15) is 6.26 Å². The van der Waals surface area contributed by atoms with Crippen LogP contribution in [0.15, 0.2) is 47.2 Å². The van der Waals surface area contributed by atoms with Crippen LogP contribution >= 0.6 is 0 Å². The summed E-state index contributed by atoms with van der Waals surface area (Å²) in [6.45, 7) is 3.28. The molecular weight excluding hydrogens is 302 g/mol. The maximum atomic E-state index is 12.5. The molecule has 1 aliphatic rings. The van der Waals surface area contributed by atoms with Gasteiger partial charge >= 0.3 is 0 Å². The summed E-state index contributed by atoms with van der Waals surface area (Å²) < 4.78 is 5.15. The highest BCUT2D eigenvalue weighted by Crippen LogP contribution is 2.25. The van der Waals surface area contributed by atoms with Crippen LogP contribution in [-0.2, 0) is 6.42 Å². The van der Waals surface area contributed by atoms with Crippen molar-refractivity contribution < 1.29 is 9.21 Å².